The van der Waals surface area contributed by atoms with Crippen LogP contribution in [0.25, 0.3) is 11.0 Å². The Hall–Kier alpha value is -2.48. The van der Waals surface area contributed by atoms with Crippen molar-refractivity contribution in [3.8, 4) is 0 Å². The van der Waals surface area contributed by atoms with Crippen LogP contribution in [0.2, 0.25) is 0 Å². The molecule has 0 aliphatic heterocycles. The number of fused-ring (bicyclic) bond motifs is 2. The minimum atomic E-state index is -1.25. The van der Waals surface area contributed by atoms with Crippen molar-refractivity contribution in [3.63, 3.8) is 0 Å². The number of hydrogen-bond donors (Lipinski definition) is 4. The Morgan fingerprint density at radius 3 is 2.61 bits per heavy atom. The van der Waals surface area contributed by atoms with Crippen molar-refractivity contribution in [2.75, 3.05) is 5.73 Å². The van der Waals surface area contributed by atoms with Crippen molar-refractivity contribution in [3.05, 3.63) is 53.5 Å². The fraction of sp³-hybridized carbons (Fsp3) is 0.429. The molecule has 0 radical (unpaired) electrons. The highest BCUT2D eigenvalue weighted by Gasteiger charge is 2.51. The van der Waals surface area contributed by atoms with E-state index in [1.165, 1.54) is 17.5 Å². The summed E-state index contributed by atoms with van der Waals surface area (Å²) in [5.41, 5.74) is 8.64. The third kappa shape index (κ3) is 2.40. The summed E-state index contributed by atoms with van der Waals surface area (Å²) in [6, 6.07) is 7.42. The highest BCUT2D eigenvalue weighted by atomic mass is 16.3. The average Bonchev–Trinajstić information content (AvgIpc) is 3.19. The molecule has 7 nitrogen and oxygen atoms in total. The molecule has 5 atom stereocenters. The number of nitrogen functional groups attached to an aromatic ring is 1. The molecule has 1 aromatic carbocycles. The summed E-state index contributed by atoms with van der Waals surface area (Å²) < 4.78 is 1.83. The van der Waals surface area contributed by atoms with Crippen LogP contribution < -0.4 is 5.73 Å². The van der Waals surface area contributed by atoms with E-state index in [4.69, 9.17) is 5.73 Å². The minimum Gasteiger partial charge on any atom is -0.390 e. The Labute approximate surface area is 162 Å². The molecule has 2 aromatic heterocycles. The van der Waals surface area contributed by atoms with E-state index in [-0.39, 0.29) is 0 Å². The highest BCUT2D eigenvalue weighted by Crippen LogP contribution is 2.46. The zero-order chi connectivity index (χ0) is 19.6. The second-order valence-electron chi connectivity index (χ2n) is 8.24. The van der Waals surface area contributed by atoms with Gasteiger partial charge in [-0.25, -0.2) is 9.97 Å². The first kappa shape index (κ1) is 17.6. The number of aliphatic hydroxyl groups is 3. The molecule has 0 bridgehead atoms. The van der Waals surface area contributed by atoms with Gasteiger partial charge >= 0.3 is 0 Å². The summed E-state index contributed by atoms with van der Waals surface area (Å²) in [4.78, 5) is 8.29. The van der Waals surface area contributed by atoms with E-state index in [0.717, 1.165) is 18.4 Å². The number of nitrogens with zero attached hydrogens (tertiary/aromatic N) is 3. The van der Waals surface area contributed by atoms with E-state index in [1.807, 2.05) is 22.8 Å². The van der Waals surface area contributed by atoms with Crippen LogP contribution in [0.1, 0.15) is 36.1 Å². The number of nitrogens with two attached hydrogens (primary N) is 1. The lowest BCUT2D eigenvalue weighted by atomic mass is 9.77. The molecule has 146 valence electrons. The van der Waals surface area contributed by atoms with Crippen LogP contribution in [-0.2, 0) is 18.4 Å². The predicted molar refractivity (Wildman–Crippen MR) is 105 cm³/mol. The first-order valence-corrected chi connectivity index (χ1v) is 9.65. The number of aryl methyl sites for hydroxylation is 2. The zero-order valence-corrected chi connectivity index (χ0v) is 15.7. The van der Waals surface area contributed by atoms with Gasteiger partial charge in [0, 0.05) is 12.1 Å². The molecule has 1 saturated carbocycles. The van der Waals surface area contributed by atoms with Crippen LogP contribution in [0.3, 0.4) is 0 Å². The maximum Gasteiger partial charge on any atom is 0.145 e. The third-order valence-corrected chi connectivity index (χ3v) is 6.73. The fourth-order valence-corrected chi connectivity index (χ4v) is 4.83. The summed E-state index contributed by atoms with van der Waals surface area (Å²) in [5.74, 6) is -0.135. The molecule has 2 heterocycles. The van der Waals surface area contributed by atoms with Gasteiger partial charge in [0.25, 0.3) is 0 Å². The largest absolute Gasteiger partial charge is 0.390 e. The molecule has 28 heavy (non-hydrogen) atoms. The van der Waals surface area contributed by atoms with Gasteiger partial charge in [0.2, 0.25) is 0 Å². The van der Waals surface area contributed by atoms with Crippen LogP contribution in [0, 0.1) is 5.92 Å². The zero-order valence-electron chi connectivity index (χ0n) is 15.7. The quantitative estimate of drug-likeness (QED) is 0.544. The van der Waals surface area contributed by atoms with Gasteiger partial charge in [0.1, 0.15) is 23.9 Å². The Morgan fingerprint density at radius 2 is 1.89 bits per heavy atom. The molecule has 1 fully saturated rings. The average molecular weight is 380 g/mol. The summed E-state index contributed by atoms with van der Waals surface area (Å²) in [6.45, 7) is 1.73. The van der Waals surface area contributed by atoms with Crippen molar-refractivity contribution in [2.24, 2.45) is 5.92 Å². The molecule has 2 aliphatic carbocycles. The normalized spacial score (nSPS) is 28.7. The molecule has 0 amide bonds. The standard InChI is InChI=1S/C21H24N4O3/c1-21(28,13-5-4-11-2-3-12(11)8-13)15-9-16(18(27)17(15)26)25-7-6-14-19(22)23-10-24-20(14)25/h4-8,10,15-18,26-28H,2-3,9H2,1H3,(H2,22,23,24)/t15-,16+,17+,18-,21+/m0/s1. The van der Waals surface area contributed by atoms with E-state index in [0.29, 0.717) is 23.3 Å². The van der Waals surface area contributed by atoms with E-state index >= 15 is 0 Å². The predicted octanol–water partition coefficient (Wildman–Crippen LogP) is 1.30. The van der Waals surface area contributed by atoms with Gasteiger partial charge in [-0.1, -0.05) is 18.2 Å². The molecule has 2 aliphatic rings. The summed E-state index contributed by atoms with van der Waals surface area (Å²) in [5, 5.41) is 33.7. The van der Waals surface area contributed by atoms with Gasteiger partial charge in [0.05, 0.1) is 23.1 Å². The molecular formula is C21H24N4O3. The van der Waals surface area contributed by atoms with Crippen LogP contribution in [0.5, 0.6) is 0 Å². The number of benzene rings is 1. The van der Waals surface area contributed by atoms with Crippen LogP contribution in [0.4, 0.5) is 5.82 Å². The van der Waals surface area contributed by atoms with Crippen molar-refractivity contribution < 1.29 is 15.3 Å². The maximum atomic E-state index is 11.4. The number of hydrogen-bond acceptors (Lipinski definition) is 6. The third-order valence-electron chi connectivity index (χ3n) is 6.73. The Bertz CT molecular complexity index is 1060. The SMILES string of the molecule is C[C@@](O)(c1ccc2c(c1)CC2)[C@H]1C[C@@H](n2ccc3c(N)ncnc32)[C@H](O)[C@@H]1O. The van der Waals surface area contributed by atoms with Crippen LogP contribution >= 0.6 is 0 Å². The number of aliphatic hydroxyl groups excluding tert-OH is 2. The van der Waals surface area contributed by atoms with Gasteiger partial charge in [-0.05, 0) is 48.9 Å². The van der Waals surface area contributed by atoms with Crippen LogP contribution in [-0.4, -0.2) is 42.1 Å². The second kappa shape index (κ2) is 6.01. The Kier molecular flexibility index (Phi) is 3.78. The monoisotopic (exact) mass is 380 g/mol. The molecule has 0 saturated heterocycles. The second-order valence-corrected chi connectivity index (χ2v) is 8.24. The molecule has 7 heteroatoms. The molecule has 0 unspecified atom stereocenters. The van der Waals surface area contributed by atoms with Gasteiger partial charge in [-0.2, -0.15) is 0 Å². The number of rotatable bonds is 3. The lowest BCUT2D eigenvalue weighted by Crippen LogP contribution is -2.40. The highest BCUT2D eigenvalue weighted by molar-refractivity contribution is 5.86. The fourth-order valence-electron chi connectivity index (χ4n) is 4.83. The smallest absolute Gasteiger partial charge is 0.145 e. The Morgan fingerprint density at radius 1 is 1.11 bits per heavy atom. The molecule has 3 aromatic rings. The van der Waals surface area contributed by atoms with Crippen LogP contribution in [0.15, 0.2) is 36.8 Å². The van der Waals surface area contributed by atoms with Gasteiger partial charge in [-0.3, -0.25) is 0 Å². The van der Waals surface area contributed by atoms with Crippen molar-refractivity contribution in [1.82, 2.24) is 14.5 Å². The van der Waals surface area contributed by atoms with E-state index in [2.05, 4.69) is 16.0 Å². The van der Waals surface area contributed by atoms with Gasteiger partial charge < -0.3 is 25.6 Å². The first-order valence-electron chi connectivity index (χ1n) is 9.65. The number of aromatic nitrogens is 3. The molecular weight excluding hydrogens is 356 g/mol. The minimum absolute atomic E-state index is 0.377. The lowest BCUT2D eigenvalue weighted by molar-refractivity contribution is -0.0752. The van der Waals surface area contributed by atoms with Gasteiger partial charge in [0.15, 0.2) is 0 Å². The lowest BCUT2D eigenvalue weighted by Gasteiger charge is -2.34. The number of anilines is 1. The van der Waals surface area contributed by atoms with Crippen molar-refractivity contribution in [2.45, 2.75) is 50.0 Å². The topological polar surface area (TPSA) is 117 Å². The van der Waals surface area contributed by atoms with Crippen molar-refractivity contribution >= 4 is 16.9 Å². The summed E-state index contributed by atoms with van der Waals surface area (Å²) in [7, 11) is 0. The first-order chi connectivity index (χ1) is 13.4. The summed E-state index contributed by atoms with van der Waals surface area (Å²) >= 11 is 0. The van der Waals surface area contributed by atoms with Crippen molar-refractivity contribution in [1.29, 1.82) is 0 Å². The molecule has 5 N–H and O–H groups in total. The molecule has 0 spiro atoms. The van der Waals surface area contributed by atoms with Gasteiger partial charge in [-0.15, -0.1) is 0 Å². The summed E-state index contributed by atoms with van der Waals surface area (Å²) in [6.07, 6.45) is 3.64. The maximum absolute atomic E-state index is 11.4. The Balaban J connectivity index is 1.50. The molecule has 5 rings (SSSR count). The van der Waals surface area contributed by atoms with E-state index in [9.17, 15) is 15.3 Å². The van der Waals surface area contributed by atoms with E-state index in [1.54, 1.807) is 13.1 Å². The van der Waals surface area contributed by atoms with E-state index < -0.39 is 29.8 Å².